The van der Waals surface area contributed by atoms with Crippen LogP contribution in [0.1, 0.15) is 38.2 Å². The van der Waals surface area contributed by atoms with E-state index in [4.69, 9.17) is 4.74 Å². The maximum absolute atomic E-state index is 5.81. The summed E-state index contributed by atoms with van der Waals surface area (Å²) in [7, 11) is 1.85. The van der Waals surface area contributed by atoms with E-state index in [0.717, 1.165) is 18.1 Å². The zero-order valence-corrected chi connectivity index (χ0v) is 12.4. The predicted molar refractivity (Wildman–Crippen MR) is 76.8 cm³/mol. The zero-order valence-electron chi connectivity index (χ0n) is 12.4. The number of hydrogen-bond donors (Lipinski definition) is 1. The van der Waals surface area contributed by atoms with E-state index in [1.54, 1.807) is 17.1 Å². The van der Waals surface area contributed by atoms with Crippen LogP contribution in [0.5, 0.6) is 11.5 Å². The molecule has 6 heteroatoms. The van der Waals surface area contributed by atoms with Gasteiger partial charge in [0.05, 0.1) is 18.6 Å². The van der Waals surface area contributed by atoms with E-state index in [9.17, 15) is 0 Å². The Kier molecular flexibility index (Phi) is 4.68. The summed E-state index contributed by atoms with van der Waals surface area (Å²) in [4.78, 5) is 8.95. The van der Waals surface area contributed by atoms with Crippen molar-refractivity contribution in [3.63, 3.8) is 0 Å². The lowest BCUT2D eigenvalue weighted by molar-refractivity contribution is 0.462. The molecule has 0 spiro atoms. The van der Waals surface area contributed by atoms with Crippen LogP contribution in [0.25, 0.3) is 0 Å². The normalized spacial score (nSPS) is 11.1. The van der Waals surface area contributed by atoms with E-state index in [-0.39, 0.29) is 0 Å². The van der Waals surface area contributed by atoms with Gasteiger partial charge in [-0.1, -0.05) is 20.8 Å². The Morgan fingerprint density at radius 2 is 2.15 bits per heavy atom. The van der Waals surface area contributed by atoms with Crippen molar-refractivity contribution in [3.8, 4) is 11.5 Å². The Bertz CT molecular complexity index is 564. The molecule has 0 saturated heterocycles. The second kappa shape index (κ2) is 6.47. The van der Waals surface area contributed by atoms with Gasteiger partial charge in [0.1, 0.15) is 11.5 Å². The minimum atomic E-state index is 0.294. The minimum absolute atomic E-state index is 0.294. The molecule has 0 aliphatic carbocycles. The summed E-state index contributed by atoms with van der Waals surface area (Å²) in [6, 6.07) is 0. The van der Waals surface area contributed by atoms with Gasteiger partial charge in [-0.15, -0.1) is 0 Å². The summed E-state index contributed by atoms with van der Waals surface area (Å²) in [5, 5.41) is 7.36. The highest BCUT2D eigenvalue weighted by molar-refractivity contribution is 5.30. The Labute approximate surface area is 119 Å². The molecule has 2 heterocycles. The molecule has 2 aromatic rings. The monoisotopic (exact) mass is 275 g/mol. The Morgan fingerprint density at radius 1 is 1.35 bits per heavy atom. The third-order valence-electron chi connectivity index (χ3n) is 2.82. The molecule has 1 N–H and O–H groups in total. The van der Waals surface area contributed by atoms with Crippen LogP contribution in [-0.4, -0.2) is 26.3 Å². The van der Waals surface area contributed by atoms with Gasteiger partial charge < -0.3 is 10.1 Å². The summed E-state index contributed by atoms with van der Waals surface area (Å²) < 4.78 is 7.51. The first kappa shape index (κ1) is 14.5. The molecule has 0 radical (unpaired) electrons. The molecule has 0 unspecified atom stereocenters. The number of ether oxygens (including phenoxy) is 1. The van der Waals surface area contributed by atoms with Crippen LogP contribution in [-0.2, 0) is 13.6 Å². The van der Waals surface area contributed by atoms with Gasteiger partial charge in [-0.25, -0.2) is 9.97 Å². The first-order valence-corrected chi connectivity index (χ1v) is 6.83. The molecule has 0 bridgehead atoms. The number of nitrogens with one attached hydrogen (secondary N) is 1. The van der Waals surface area contributed by atoms with Crippen molar-refractivity contribution >= 4 is 0 Å². The summed E-state index contributed by atoms with van der Waals surface area (Å²) in [5.41, 5.74) is 0.870. The summed E-state index contributed by atoms with van der Waals surface area (Å²) in [5.74, 6) is 2.48. The molecular weight excluding hydrogens is 254 g/mol. The van der Waals surface area contributed by atoms with Crippen LogP contribution >= 0.6 is 0 Å². The molecule has 2 rings (SSSR count). The third-order valence-corrected chi connectivity index (χ3v) is 2.82. The fourth-order valence-electron chi connectivity index (χ4n) is 1.73. The largest absolute Gasteiger partial charge is 0.450 e. The lowest BCUT2D eigenvalue weighted by Gasteiger charge is -2.12. The minimum Gasteiger partial charge on any atom is -0.450 e. The lowest BCUT2D eigenvalue weighted by Crippen LogP contribution is -2.15. The number of aromatic nitrogens is 4. The van der Waals surface area contributed by atoms with E-state index in [2.05, 4.69) is 41.2 Å². The SMILES string of the molecule is CCNCc1nc(C(C)C)ncc1Oc1cnn(C)c1. The van der Waals surface area contributed by atoms with E-state index in [1.165, 1.54) is 0 Å². The molecule has 0 fully saturated rings. The Hall–Kier alpha value is -1.95. The Balaban J connectivity index is 2.25. The average molecular weight is 275 g/mol. The predicted octanol–water partition coefficient (Wildman–Crippen LogP) is 2.24. The molecule has 6 nitrogen and oxygen atoms in total. The molecular formula is C14H21N5O. The standard InChI is InChI=1S/C14H21N5O/c1-5-15-7-12-13(8-16-14(18-12)10(2)3)20-11-6-17-19(4)9-11/h6,8-10,15H,5,7H2,1-4H3. The van der Waals surface area contributed by atoms with Gasteiger partial charge in [0.25, 0.3) is 0 Å². The van der Waals surface area contributed by atoms with Gasteiger partial charge in [-0.3, -0.25) is 4.68 Å². The van der Waals surface area contributed by atoms with Crippen LogP contribution in [0.3, 0.4) is 0 Å². The summed E-state index contributed by atoms with van der Waals surface area (Å²) in [6.45, 7) is 7.76. The second-order valence-corrected chi connectivity index (χ2v) is 4.93. The number of nitrogens with zero attached hydrogens (tertiary/aromatic N) is 4. The van der Waals surface area contributed by atoms with Gasteiger partial charge in [0.15, 0.2) is 11.5 Å². The van der Waals surface area contributed by atoms with Crippen molar-refractivity contribution in [2.75, 3.05) is 6.54 Å². The van der Waals surface area contributed by atoms with Gasteiger partial charge in [-0.05, 0) is 6.54 Å². The molecule has 0 aliphatic rings. The molecule has 0 aliphatic heterocycles. The first-order chi connectivity index (χ1) is 9.60. The molecule has 20 heavy (non-hydrogen) atoms. The van der Waals surface area contributed by atoms with Crippen molar-refractivity contribution in [2.45, 2.75) is 33.2 Å². The Morgan fingerprint density at radius 3 is 2.75 bits per heavy atom. The van der Waals surface area contributed by atoms with Gasteiger partial charge in [0, 0.05) is 19.5 Å². The number of hydrogen-bond acceptors (Lipinski definition) is 5. The third kappa shape index (κ3) is 3.54. The topological polar surface area (TPSA) is 64.9 Å². The molecule has 0 aromatic carbocycles. The highest BCUT2D eigenvalue weighted by Crippen LogP contribution is 2.24. The quantitative estimate of drug-likeness (QED) is 0.875. The molecule has 2 aromatic heterocycles. The van der Waals surface area contributed by atoms with Gasteiger partial charge >= 0.3 is 0 Å². The fourth-order valence-corrected chi connectivity index (χ4v) is 1.73. The number of rotatable bonds is 6. The number of aryl methyl sites for hydroxylation is 1. The van der Waals surface area contributed by atoms with Crippen molar-refractivity contribution in [1.29, 1.82) is 0 Å². The highest BCUT2D eigenvalue weighted by Gasteiger charge is 2.12. The van der Waals surface area contributed by atoms with Crippen molar-refractivity contribution in [1.82, 2.24) is 25.1 Å². The molecule has 108 valence electrons. The van der Waals surface area contributed by atoms with E-state index < -0.39 is 0 Å². The van der Waals surface area contributed by atoms with Gasteiger partial charge in [-0.2, -0.15) is 5.10 Å². The van der Waals surface area contributed by atoms with E-state index in [1.807, 2.05) is 13.2 Å². The maximum Gasteiger partial charge on any atom is 0.168 e. The molecule has 0 atom stereocenters. The van der Waals surface area contributed by atoms with E-state index >= 15 is 0 Å². The second-order valence-electron chi connectivity index (χ2n) is 4.93. The van der Waals surface area contributed by atoms with Gasteiger partial charge in [0.2, 0.25) is 0 Å². The van der Waals surface area contributed by atoms with Crippen LogP contribution in [0.15, 0.2) is 18.6 Å². The zero-order chi connectivity index (χ0) is 14.5. The van der Waals surface area contributed by atoms with E-state index in [0.29, 0.717) is 24.0 Å². The fraction of sp³-hybridized carbons (Fsp3) is 0.500. The van der Waals surface area contributed by atoms with Crippen LogP contribution in [0, 0.1) is 0 Å². The highest BCUT2D eigenvalue weighted by atomic mass is 16.5. The first-order valence-electron chi connectivity index (χ1n) is 6.83. The van der Waals surface area contributed by atoms with Crippen molar-refractivity contribution < 1.29 is 4.74 Å². The summed E-state index contributed by atoms with van der Waals surface area (Å²) in [6.07, 6.45) is 5.22. The average Bonchev–Trinajstić information content (AvgIpc) is 2.82. The van der Waals surface area contributed by atoms with Crippen LogP contribution in [0.2, 0.25) is 0 Å². The summed E-state index contributed by atoms with van der Waals surface area (Å²) >= 11 is 0. The molecule has 0 amide bonds. The smallest absolute Gasteiger partial charge is 0.168 e. The molecule has 0 saturated carbocycles. The van der Waals surface area contributed by atoms with Crippen LogP contribution < -0.4 is 10.1 Å². The van der Waals surface area contributed by atoms with Crippen LogP contribution in [0.4, 0.5) is 0 Å². The maximum atomic E-state index is 5.81. The van der Waals surface area contributed by atoms with Crippen molar-refractivity contribution in [2.24, 2.45) is 7.05 Å². The lowest BCUT2D eigenvalue weighted by atomic mass is 10.2. The van der Waals surface area contributed by atoms with Crippen molar-refractivity contribution in [3.05, 3.63) is 30.1 Å².